The van der Waals surface area contributed by atoms with E-state index in [1.807, 2.05) is 56.3 Å². The Balaban J connectivity index is 2.03. The Labute approximate surface area is 163 Å². The first kappa shape index (κ1) is 19.1. The minimum atomic E-state index is -0.499. The zero-order valence-electron chi connectivity index (χ0n) is 15.3. The second kappa shape index (κ2) is 8.31. The van der Waals surface area contributed by atoms with E-state index in [1.165, 1.54) is 0 Å². The number of nitrogens with zero attached hydrogens (tertiary/aromatic N) is 2. The van der Waals surface area contributed by atoms with Gasteiger partial charge in [-0.25, -0.2) is 0 Å². The number of rotatable bonds is 6. The quantitative estimate of drug-likeness (QED) is 0.526. The standard InChI is InChI=1S/C22H21ClN2O2/c1-14-11-18(23)5-8-20(14)21(16-3-6-19(26)7-4-16)13-22(25-27)17-9-10-24-15(2)12-17/h3-12,21-22,26H,13H2,1-2H3. The number of aromatic nitrogens is 1. The fourth-order valence-electron chi connectivity index (χ4n) is 3.42. The molecule has 2 aromatic carbocycles. The van der Waals surface area contributed by atoms with Crippen LogP contribution in [-0.4, -0.2) is 10.1 Å². The molecular weight excluding hydrogens is 360 g/mol. The van der Waals surface area contributed by atoms with Crippen LogP contribution in [0.1, 0.15) is 46.3 Å². The molecule has 0 spiro atoms. The van der Waals surface area contributed by atoms with Crippen LogP contribution in [-0.2, 0) is 0 Å². The number of hydrogen-bond acceptors (Lipinski definition) is 4. The van der Waals surface area contributed by atoms with Crippen molar-refractivity contribution < 1.29 is 5.11 Å². The van der Waals surface area contributed by atoms with Crippen molar-refractivity contribution in [2.75, 3.05) is 0 Å². The molecule has 0 saturated heterocycles. The molecule has 0 fully saturated rings. The number of aryl methyl sites for hydroxylation is 2. The molecule has 5 heteroatoms. The molecule has 2 atom stereocenters. The predicted octanol–water partition coefficient (Wildman–Crippen LogP) is 6.09. The summed E-state index contributed by atoms with van der Waals surface area (Å²) in [5.41, 5.74) is 4.86. The van der Waals surface area contributed by atoms with E-state index in [2.05, 4.69) is 10.2 Å². The molecule has 1 N–H and O–H groups in total. The molecule has 0 saturated carbocycles. The van der Waals surface area contributed by atoms with Crippen LogP contribution in [0.15, 0.2) is 66.0 Å². The van der Waals surface area contributed by atoms with Crippen molar-refractivity contribution in [3.8, 4) is 5.75 Å². The highest BCUT2D eigenvalue weighted by atomic mass is 35.5. The Morgan fingerprint density at radius 3 is 2.41 bits per heavy atom. The van der Waals surface area contributed by atoms with Gasteiger partial charge in [0.15, 0.2) is 0 Å². The number of benzene rings is 2. The third kappa shape index (κ3) is 4.52. The molecule has 3 aromatic rings. The van der Waals surface area contributed by atoms with E-state index in [0.29, 0.717) is 11.4 Å². The Morgan fingerprint density at radius 2 is 1.78 bits per heavy atom. The molecule has 27 heavy (non-hydrogen) atoms. The Morgan fingerprint density at radius 1 is 1.04 bits per heavy atom. The van der Waals surface area contributed by atoms with Gasteiger partial charge >= 0.3 is 0 Å². The summed E-state index contributed by atoms with van der Waals surface area (Å²) in [6, 6.07) is 16.1. The number of pyridine rings is 1. The highest BCUT2D eigenvalue weighted by Gasteiger charge is 2.23. The molecule has 1 heterocycles. The molecule has 1 aromatic heterocycles. The number of halogens is 1. The van der Waals surface area contributed by atoms with Crippen molar-refractivity contribution in [2.45, 2.75) is 32.2 Å². The predicted molar refractivity (Wildman–Crippen MR) is 108 cm³/mol. The Kier molecular flexibility index (Phi) is 5.87. The fraction of sp³-hybridized carbons (Fsp3) is 0.227. The molecular formula is C22H21ClN2O2. The van der Waals surface area contributed by atoms with Gasteiger partial charge in [-0.1, -0.05) is 35.0 Å². The lowest BCUT2D eigenvalue weighted by Gasteiger charge is -2.23. The van der Waals surface area contributed by atoms with E-state index < -0.39 is 6.04 Å². The number of hydrogen-bond donors (Lipinski definition) is 1. The van der Waals surface area contributed by atoms with E-state index in [1.54, 1.807) is 18.3 Å². The number of aromatic hydroxyl groups is 1. The van der Waals surface area contributed by atoms with Crippen molar-refractivity contribution in [3.05, 3.63) is 98.7 Å². The summed E-state index contributed by atoms with van der Waals surface area (Å²) < 4.78 is 0. The topological polar surface area (TPSA) is 62.6 Å². The summed E-state index contributed by atoms with van der Waals surface area (Å²) in [5.74, 6) is 0.152. The Hall–Kier alpha value is -2.72. The molecule has 2 unspecified atom stereocenters. The highest BCUT2D eigenvalue weighted by Crippen LogP contribution is 2.38. The van der Waals surface area contributed by atoms with Gasteiger partial charge < -0.3 is 5.11 Å². The molecule has 3 rings (SSSR count). The van der Waals surface area contributed by atoms with Gasteiger partial charge in [-0.05, 0) is 78.9 Å². The van der Waals surface area contributed by atoms with Crippen LogP contribution in [0, 0.1) is 18.8 Å². The highest BCUT2D eigenvalue weighted by molar-refractivity contribution is 6.30. The zero-order valence-corrected chi connectivity index (χ0v) is 16.0. The third-order valence-corrected chi connectivity index (χ3v) is 5.03. The van der Waals surface area contributed by atoms with Crippen LogP contribution >= 0.6 is 11.6 Å². The molecule has 0 radical (unpaired) electrons. The lowest BCUT2D eigenvalue weighted by atomic mass is 9.82. The normalized spacial score (nSPS) is 13.1. The lowest BCUT2D eigenvalue weighted by molar-refractivity contribution is 0.474. The van der Waals surface area contributed by atoms with Crippen molar-refractivity contribution in [1.29, 1.82) is 0 Å². The van der Waals surface area contributed by atoms with Crippen LogP contribution in [0.5, 0.6) is 5.75 Å². The second-order valence-electron chi connectivity index (χ2n) is 6.73. The van der Waals surface area contributed by atoms with Gasteiger partial charge in [0, 0.05) is 22.8 Å². The SMILES string of the molecule is Cc1cc(C(CC(c2ccc(O)cc2)c2ccc(Cl)cc2C)N=O)ccn1. The van der Waals surface area contributed by atoms with E-state index in [4.69, 9.17) is 11.6 Å². The number of phenolic OH excluding ortho intramolecular Hbond substituents is 1. The van der Waals surface area contributed by atoms with Crippen molar-refractivity contribution in [2.24, 2.45) is 5.18 Å². The number of phenols is 1. The first-order valence-electron chi connectivity index (χ1n) is 8.78. The second-order valence-corrected chi connectivity index (χ2v) is 7.17. The van der Waals surface area contributed by atoms with E-state index in [0.717, 1.165) is 27.9 Å². The van der Waals surface area contributed by atoms with Crippen LogP contribution in [0.4, 0.5) is 0 Å². The smallest absolute Gasteiger partial charge is 0.118 e. The van der Waals surface area contributed by atoms with Gasteiger partial charge in [0.2, 0.25) is 0 Å². The zero-order chi connectivity index (χ0) is 19.4. The molecule has 0 aliphatic rings. The van der Waals surface area contributed by atoms with Gasteiger partial charge in [-0.3, -0.25) is 4.98 Å². The molecule has 138 valence electrons. The van der Waals surface area contributed by atoms with E-state index in [-0.39, 0.29) is 11.7 Å². The summed E-state index contributed by atoms with van der Waals surface area (Å²) in [4.78, 5) is 15.9. The third-order valence-electron chi connectivity index (χ3n) is 4.79. The van der Waals surface area contributed by atoms with Crippen molar-refractivity contribution in [3.63, 3.8) is 0 Å². The van der Waals surface area contributed by atoms with Crippen LogP contribution in [0.3, 0.4) is 0 Å². The van der Waals surface area contributed by atoms with Gasteiger partial charge in [0.25, 0.3) is 0 Å². The van der Waals surface area contributed by atoms with Crippen LogP contribution in [0.25, 0.3) is 0 Å². The van der Waals surface area contributed by atoms with Gasteiger partial charge in [0.05, 0.1) is 0 Å². The molecule has 4 nitrogen and oxygen atoms in total. The first-order chi connectivity index (χ1) is 13.0. The summed E-state index contributed by atoms with van der Waals surface area (Å²) in [6.45, 7) is 3.90. The van der Waals surface area contributed by atoms with Gasteiger partial charge in [0.1, 0.15) is 11.8 Å². The summed E-state index contributed by atoms with van der Waals surface area (Å²) in [6.07, 6.45) is 2.21. The molecule has 0 bridgehead atoms. The van der Waals surface area contributed by atoms with Gasteiger partial charge in [-0.2, -0.15) is 4.91 Å². The maximum atomic E-state index is 11.7. The summed E-state index contributed by atoms with van der Waals surface area (Å²) in [5, 5.41) is 13.7. The first-order valence-corrected chi connectivity index (χ1v) is 9.15. The summed E-state index contributed by atoms with van der Waals surface area (Å²) >= 11 is 6.13. The number of nitroso groups, excluding NO2 is 1. The summed E-state index contributed by atoms with van der Waals surface area (Å²) in [7, 11) is 0. The minimum absolute atomic E-state index is 0.0564. The molecule has 0 aliphatic carbocycles. The average Bonchev–Trinajstić information content (AvgIpc) is 2.64. The Bertz CT molecular complexity index is 941. The van der Waals surface area contributed by atoms with E-state index in [9.17, 15) is 10.0 Å². The van der Waals surface area contributed by atoms with Crippen LogP contribution < -0.4 is 0 Å². The molecule has 0 aliphatic heterocycles. The van der Waals surface area contributed by atoms with E-state index >= 15 is 0 Å². The van der Waals surface area contributed by atoms with Crippen molar-refractivity contribution in [1.82, 2.24) is 4.98 Å². The van der Waals surface area contributed by atoms with Crippen molar-refractivity contribution >= 4 is 11.6 Å². The largest absolute Gasteiger partial charge is 0.508 e. The monoisotopic (exact) mass is 380 g/mol. The van der Waals surface area contributed by atoms with Crippen LogP contribution in [0.2, 0.25) is 5.02 Å². The van der Waals surface area contributed by atoms with Gasteiger partial charge in [-0.15, -0.1) is 0 Å². The maximum absolute atomic E-state index is 11.7. The lowest BCUT2D eigenvalue weighted by Crippen LogP contribution is -2.09. The molecule has 0 amide bonds. The maximum Gasteiger partial charge on any atom is 0.118 e. The fourth-order valence-corrected chi connectivity index (χ4v) is 3.64. The average molecular weight is 381 g/mol. The minimum Gasteiger partial charge on any atom is -0.508 e.